The number of ether oxygens (including phenoxy) is 1. The average Bonchev–Trinajstić information content (AvgIpc) is 2.98. The van der Waals surface area contributed by atoms with Crippen LogP contribution in [0.25, 0.3) is 10.9 Å². The second-order valence-electron chi connectivity index (χ2n) is 7.26. The number of fused-ring (bicyclic) bond motifs is 3. The van der Waals surface area contributed by atoms with Crippen molar-refractivity contribution in [1.82, 2.24) is 4.57 Å². The molecule has 0 saturated carbocycles. The maximum atomic E-state index is 12.6. The van der Waals surface area contributed by atoms with Crippen molar-refractivity contribution in [3.8, 4) is 5.75 Å². The first-order valence-corrected chi connectivity index (χ1v) is 9.26. The summed E-state index contributed by atoms with van der Waals surface area (Å²) in [4.78, 5) is 12.6. The molecule has 2 aromatic carbocycles. The Labute approximate surface area is 153 Å². The van der Waals surface area contributed by atoms with Gasteiger partial charge in [0.1, 0.15) is 5.75 Å². The van der Waals surface area contributed by atoms with Crippen LogP contribution in [0.4, 0.5) is 0 Å². The number of benzene rings is 2. The van der Waals surface area contributed by atoms with Crippen LogP contribution < -0.4 is 10.5 Å². The Morgan fingerprint density at radius 1 is 1.19 bits per heavy atom. The van der Waals surface area contributed by atoms with Gasteiger partial charge in [0.2, 0.25) is 0 Å². The highest BCUT2D eigenvalue weighted by Gasteiger charge is 2.27. The molecule has 0 radical (unpaired) electrons. The quantitative estimate of drug-likeness (QED) is 0.547. The van der Waals surface area contributed by atoms with Crippen LogP contribution in [0, 0.1) is 0 Å². The summed E-state index contributed by atoms with van der Waals surface area (Å²) in [7, 11) is 0. The summed E-state index contributed by atoms with van der Waals surface area (Å²) in [5.41, 5.74) is 10.7. The number of carbonyl (C=O) groups excluding carboxylic acids is 1. The maximum Gasteiger partial charge on any atom is 0.343 e. The maximum absolute atomic E-state index is 12.6. The minimum atomic E-state index is -0.329. The number of esters is 1. The molecule has 1 aliphatic carbocycles. The number of nitrogens with zero attached hydrogens (tertiary/aromatic N) is 1. The van der Waals surface area contributed by atoms with Crippen molar-refractivity contribution < 1.29 is 9.53 Å². The van der Waals surface area contributed by atoms with Crippen LogP contribution in [0.5, 0.6) is 5.75 Å². The molecule has 0 amide bonds. The average molecular weight is 348 g/mol. The number of hydrogen-bond donors (Lipinski definition) is 1. The standard InChI is InChI=1S/C22H24N2O2/c1-14(2)24-20-12-11-15(22(25)26-16-7-4-3-5-8-16)13-18(20)17-9-6-10-19(23)21(17)24/h3-5,7-8,11-14,19H,6,9-10,23H2,1-2H3. The molecule has 0 fully saturated rings. The molecule has 1 aliphatic rings. The smallest absolute Gasteiger partial charge is 0.343 e. The van der Waals surface area contributed by atoms with Gasteiger partial charge in [-0.15, -0.1) is 0 Å². The zero-order valence-electron chi connectivity index (χ0n) is 15.2. The van der Waals surface area contributed by atoms with E-state index in [1.807, 2.05) is 36.4 Å². The fraction of sp³-hybridized carbons (Fsp3) is 0.318. The molecule has 26 heavy (non-hydrogen) atoms. The van der Waals surface area contributed by atoms with E-state index in [2.05, 4.69) is 18.4 Å². The lowest BCUT2D eigenvalue weighted by Crippen LogP contribution is -2.21. The van der Waals surface area contributed by atoms with Gasteiger partial charge in [-0.05, 0) is 69.0 Å². The topological polar surface area (TPSA) is 57.2 Å². The minimum Gasteiger partial charge on any atom is -0.423 e. The number of nitrogens with two attached hydrogens (primary N) is 1. The van der Waals surface area contributed by atoms with Gasteiger partial charge in [-0.3, -0.25) is 0 Å². The highest BCUT2D eigenvalue weighted by Crippen LogP contribution is 2.38. The number of rotatable bonds is 3. The van der Waals surface area contributed by atoms with Gasteiger partial charge >= 0.3 is 5.97 Å². The minimum absolute atomic E-state index is 0.0632. The van der Waals surface area contributed by atoms with Gasteiger partial charge in [-0.1, -0.05) is 18.2 Å². The van der Waals surface area contributed by atoms with E-state index in [0.717, 1.165) is 30.2 Å². The van der Waals surface area contributed by atoms with E-state index in [4.69, 9.17) is 10.5 Å². The summed E-state index contributed by atoms with van der Waals surface area (Å²) in [6.07, 6.45) is 3.11. The predicted octanol–water partition coefficient (Wildman–Crippen LogP) is 4.78. The molecule has 0 bridgehead atoms. The molecule has 4 nitrogen and oxygen atoms in total. The van der Waals surface area contributed by atoms with Crippen molar-refractivity contribution in [3.63, 3.8) is 0 Å². The van der Waals surface area contributed by atoms with Crippen LogP contribution in [-0.2, 0) is 6.42 Å². The first-order chi connectivity index (χ1) is 12.6. The van der Waals surface area contributed by atoms with Gasteiger partial charge in [0.05, 0.1) is 5.56 Å². The Bertz CT molecular complexity index is 957. The molecule has 1 unspecified atom stereocenters. The molecule has 3 aromatic rings. The van der Waals surface area contributed by atoms with Gasteiger partial charge in [0.25, 0.3) is 0 Å². The molecule has 1 aromatic heterocycles. The van der Waals surface area contributed by atoms with Crippen molar-refractivity contribution in [2.45, 2.75) is 45.2 Å². The van der Waals surface area contributed by atoms with E-state index in [-0.39, 0.29) is 12.0 Å². The molecule has 0 aliphatic heterocycles. The molecule has 4 rings (SSSR count). The number of para-hydroxylation sites is 1. The third-order valence-electron chi connectivity index (χ3n) is 5.15. The molecule has 134 valence electrons. The Morgan fingerprint density at radius 2 is 1.96 bits per heavy atom. The lowest BCUT2D eigenvalue weighted by molar-refractivity contribution is 0.0735. The Morgan fingerprint density at radius 3 is 2.69 bits per heavy atom. The Hall–Kier alpha value is -2.59. The van der Waals surface area contributed by atoms with Gasteiger partial charge in [0, 0.05) is 28.7 Å². The first kappa shape index (κ1) is 16.9. The van der Waals surface area contributed by atoms with E-state index < -0.39 is 0 Å². The summed E-state index contributed by atoms with van der Waals surface area (Å²) < 4.78 is 7.83. The lowest BCUT2D eigenvalue weighted by atomic mass is 9.91. The molecule has 4 heteroatoms. The Kier molecular flexibility index (Phi) is 4.29. The van der Waals surface area contributed by atoms with Crippen molar-refractivity contribution in [1.29, 1.82) is 0 Å². The molecule has 0 spiro atoms. The van der Waals surface area contributed by atoms with E-state index in [0.29, 0.717) is 17.4 Å². The van der Waals surface area contributed by atoms with E-state index >= 15 is 0 Å². The van der Waals surface area contributed by atoms with Crippen LogP contribution in [0.15, 0.2) is 48.5 Å². The fourth-order valence-electron chi connectivity index (χ4n) is 4.04. The zero-order chi connectivity index (χ0) is 18.3. The number of carbonyl (C=O) groups is 1. The van der Waals surface area contributed by atoms with Crippen LogP contribution in [0.3, 0.4) is 0 Å². The van der Waals surface area contributed by atoms with Gasteiger partial charge in [0.15, 0.2) is 0 Å². The van der Waals surface area contributed by atoms with Crippen LogP contribution >= 0.6 is 0 Å². The van der Waals surface area contributed by atoms with Gasteiger partial charge in [-0.25, -0.2) is 4.79 Å². The first-order valence-electron chi connectivity index (χ1n) is 9.26. The molecular weight excluding hydrogens is 324 g/mol. The van der Waals surface area contributed by atoms with E-state index in [9.17, 15) is 4.79 Å². The number of aromatic nitrogens is 1. The van der Waals surface area contributed by atoms with Crippen molar-refractivity contribution in [3.05, 3.63) is 65.4 Å². The molecule has 1 heterocycles. The monoisotopic (exact) mass is 348 g/mol. The Balaban J connectivity index is 1.79. The van der Waals surface area contributed by atoms with Gasteiger partial charge in [-0.2, -0.15) is 0 Å². The summed E-state index contributed by atoms with van der Waals surface area (Å²) >= 11 is 0. The zero-order valence-corrected chi connectivity index (χ0v) is 15.2. The molecule has 2 N–H and O–H groups in total. The molecule has 0 saturated heterocycles. The summed E-state index contributed by atoms with van der Waals surface area (Å²) in [6, 6.07) is 15.4. The van der Waals surface area contributed by atoms with Crippen molar-refractivity contribution in [2.24, 2.45) is 5.73 Å². The van der Waals surface area contributed by atoms with Crippen molar-refractivity contribution in [2.75, 3.05) is 0 Å². The summed E-state index contributed by atoms with van der Waals surface area (Å²) in [6.45, 7) is 4.36. The van der Waals surface area contributed by atoms with E-state index in [1.165, 1.54) is 11.3 Å². The number of aryl methyl sites for hydroxylation is 1. The largest absolute Gasteiger partial charge is 0.423 e. The van der Waals surface area contributed by atoms with Crippen LogP contribution in [0.2, 0.25) is 0 Å². The van der Waals surface area contributed by atoms with Crippen molar-refractivity contribution >= 4 is 16.9 Å². The highest BCUT2D eigenvalue weighted by molar-refractivity contribution is 5.97. The normalized spacial score (nSPS) is 16.7. The SMILES string of the molecule is CC(C)n1c2c(c3cc(C(=O)Oc4ccccc4)ccc31)CCCC2N. The molecular formula is C22H24N2O2. The summed E-state index contributed by atoms with van der Waals surface area (Å²) in [5, 5.41) is 1.13. The van der Waals surface area contributed by atoms with Crippen LogP contribution in [-0.4, -0.2) is 10.5 Å². The lowest BCUT2D eigenvalue weighted by Gasteiger charge is -2.24. The number of hydrogen-bond acceptors (Lipinski definition) is 3. The predicted molar refractivity (Wildman–Crippen MR) is 104 cm³/mol. The highest BCUT2D eigenvalue weighted by atomic mass is 16.5. The third-order valence-corrected chi connectivity index (χ3v) is 5.15. The van der Waals surface area contributed by atoms with E-state index in [1.54, 1.807) is 12.1 Å². The third kappa shape index (κ3) is 2.80. The van der Waals surface area contributed by atoms with Gasteiger partial charge < -0.3 is 15.0 Å². The fourth-order valence-corrected chi connectivity index (χ4v) is 4.04. The summed E-state index contributed by atoms with van der Waals surface area (Å²) in [5.74, 6) is 0.227. The second-order valence-corrected chi connectivity index (χ2v) is 7.26. The molecule has 1 atom stereocenters. The van der Waals surface area contributed by atoms with Crippen LogP contribution in [0.1, 0.15) is 60.4 Å². The second kappa shape index (κ2) is 6.61.